The number of carbonyl (C=O) groups excluding carboxylic acids is 2. The van der Waals surface area contributed by atoms with E-state index in [4.69, 9.17) is 9.47 Å². The van der Waals surface area contributed by atoms with Crippen molar-refractivity contribution in [3.05, 3.63) is 35.9 Å². The molecule has 0 bridgehead atoms. The Morgan fingerprint density at radius 3 is 2.39 bits per heavy atom. The van der Waals surface area contributed by atoms with Crippen LogP contribution in [0.5, 0.6) is 5.75 Å². The van der Waals surface area contributed by atoms with Crippen LogP contribution in [-0.2, 0) is 9.53 Å². The summed E-state index contributed by atoms with van der Waals surface area (Å²) in [5.41, 5.74) is 0.416. The lowest BCUT2D eigenvalue weighted by Gasteiger charge is -2.41. The van der Waals surface area contributed by atoms with Gasteiger partial charge < -0.3 is 14.4 Å². The smallest absolute Gasteiger partial charge is 0.327 e. The lowest BCUT2D eigenvalue weighted by Crippen LogP contribution is -2.57. The van der Waals surface area contributed by atoms with Gasteiger partial charge in [-0.15, -0.1) is 0 Å². The molecule has 0 N–H and O–H groups in total. The molecule has 0 aromatic heterocycles. The quantitative estimate of drug-likeness (QED) is 0.671. The lowest BCUT2D eigenvalue weighted by molar-refractivity contribution is -0.134. The van der Waals surface area contributed by atoms with Gasteiger partial charge in [-0.05, 0) is 30.5 Å². The van der Waals surface area contributed by atoms with Crippen LogP contribution in [0.2, 0.25) is 0 Å². The molecule has 2 aliphatic rings. The second-order valence-electron chi connectivity index (χ2n) is 7.30. The Balaban J connectivity index is 1.58. The summed E-state index contributed by atoms with van der Waals surface area (Å²) in [4.78, 5) is 30.6. The SMILES string of the molecule is COCCN1C(=O)N(C)C(=O)C12CCN(CC=Cc1ccc(OC)cc1)CC2. The van der Waals surface area contributed by atoms with E-state index in [1.165, 1.54) is 4.90 Å². The molecule has 0 aliphatic carbocycles. The van der Waals surface area contributed by atoms with Crippen molar-refractivity contribution in [2.75, 3.05) is 54.1 Å². The van der Waals surface area contributed by atoms with E-state index in [2.05, 4.69) is 17.1 Å². The van der Waals surface area contributed by atoms with Crippen LogP contribution in [0.25, 0.3) is 6.08 Å². The van der Waals surface area contributed by atoms with Gasteiger partial charge in [-0.25, -0.2) is 4.79 Å². The van der Waals surface area contributed by atoms with Gasteiger partial charge in [-0.3, -0.25) is 14.6 Å². The molecule has 152 valence electrons. The van der Waals surface area contributed by atoms with Crippen molar-refractivity contribution in [2.45, 2.75) is 18.4 Å². The number of nitrogens with zero attached hydrogens (tertiary/aromatic N) is 3. The maximum absolute atomic E-state index is 12.8. The number of imide groups is 1. The Bertz CT molecular complexity index is 724. The van der Waals surface area contributed by atoms with E-state index in [1.807, 2.05) is 24.3 Å². The Kier molecular flexibility index (Phi) is 6.36. The molecule has 0 saturated carbocycles. The number of likely N-dealkylation sites (N-methyl/N-ethyl adjacent to an activating group) is 1. The number of urea groups is 1. The standard InChI is InChI=1S/C21H29N3O4/c1-22-19(25)21(24(20(22)26)15-16-27-2)10-13-23(14-11-21)12-4-5-17-6-8-18(28-3)9-7-17/h4-9H,10-16H2,1-3H3. The van der Waals surface area contributed by atoms with Gasteiger partial charge in [0, 0.05) is 40.3 Å². The van der Waals surface area contributed by atoms with Crippen LogP contribution in [0.1, 0.15) is 18.4 Å². The minimum Gasteiger partial charge on any atom is -0.497 e. The molecule has 3 amide bonds. The Morgan fingerprint density at radius 1 is 1.11 bits per heavy atom. The normalized spacial score (nSPS) is 20.0. The number of hydrogen-bond donors (Lipinski definition) is 0. The number of piperidine rings is 1. The van der Waals surface area contributed by atoms with Crippen LogP contribution < -0.4 is 4.74 Å². The van der Waals surface area contributed by atoms with Gasteiger partial charge in [0.15, 0.2) is 0 Å². The predicted molar refractivity (Wildman–Crippen MR) is 107 cm³/mol. The van der Waals surface area contributed by atoms with Crippen LogP contribution in [0, 0.1) is 0 Å². The highest BCUT2D eigenvalue weighted by Crippen LogP contribution is 2.36. The van der Waals surface area contributed by atoms with Gasteiger partial charge >= 0.3 is 6.03 Å². The summed E-state index contributed by atoms with van der Waals surface area (Å²) in [6.07, 6.45) is 5.53. The summed E-state index contributed by atoms with van der Waals surface area (Å²) in [6, 6.07) is 7.71. The van der Waals surface area contributed by atoms with E-state index in [-0.39, 0.29) is 11.9 Å². The zero-order chi connectivity index (χ0) is 20.1. The Morgan fingerprint density at radius 2 is 1.79 bits per heavy atom. The lowest BCUT2D eigenvalue weighted by atomic mass is 9.86. The summed E-state index contributed by atoms with van der Waals surface area (Å²) in [7, 11) is 4.84. The highest BCUT2D eigenvalue weighted by atomic mass is 16.5. The number of methoxy groups -OCH3 is 2. The molecule has 1 spiro atoms. The van der Waals surface area contributed by atoms with Gasteiger partial charge in [-0.1, -0.05) is 24.3 Å². The monoisotopic (exact) mass is 387 g/mol. The van der Waals surface area contributed by atoms with Gasteiger partial charge in [0.25, 0.3) is 5.91 Å². The maximum Gasteiger partial charge on any atom is 0.327 e. The number of hydrogen-bond acceptors (Lipinski definition) is 5. The van der Waals surface area contributed by atoms with Crippen molar-refractivity contribution in [1.29, 1.82) is 0 Å². The first-order chi connectivity index (χ1) is 13.5. The molecular formula is C21H29N3O4. The van der Waals surface area contributed by atoms with E-state index in [0.29, 0.717) is 26.0 Å². The molecular weight excluding hydrogens is 358 g/mol. The number of ether oxygens (including phenoxy) is 2. The van der Waals surface area contributed by atoms with Crippen molar-refractivity contribution in [2.24, 2.45) is 0 Å². The first-order valence-corrected chi connectivity index (χ1v) is 9.63. The zero-order valence-electron chi connectivity index (χ0n) is 16.9. The third-order valence-corrected chi connectivity index (χ3v) is 5.73. The second kappa shape index (κ2) is 8.75. The molecule has 2 aliphatic heterocycles. The van der Waals surface area contributed by atoms with Crippen LogP contribution in [0.15, 0.2) is 30.3 Å². The first kappa shape index (κ1) is 20.4. The number of rotatable bonds is 7. The largest absolute Gasteiger partial charge is 0.497 e. The van der Waals surface area contributed by atoms with Crippen molar-refractivity contribution in [3.63, 3.8) is 0 Å². The maximum atomic E-state index is 12.8. The third-order valence-electron chi connectivity index (χ3n) is 5.73. The average Bonchev–Trinajstić information content (AvgIpc) is 2.89. The van der Waals surface area contributed by atoms with Crippen molar-refractivity contribution in [1.82, 2.24) is 14.7 Å². The molecule has 0 unspecified atom stereocenters. The molecule has 2 fully saturated rings. The molecule has 3 rings (SSSR count). The Hall–Kier alpha value is -2.38. The number of carbonyl (C=O) groups is 2. The molecule has 0 radical (unpaired) electrons. The van der Waals surface area contributed by atoms with Crippen LogP contribution in [0.4, 0.5) is 4.79 Å². The number of benzene rings is 1. The Labute approximate surface area is 166 Å². The van der Waals surface area contributed by atoms with Crippen LogP contribution >= 0.6 is 0 Å². The number of likely N-dealkylation sites (tertiary alicyclic amines) is 1. The van der Waals surface area contributed by atoms with Crippen LogP contribution in [-0.4, -0.2) is 86.2 Å². The number of amides is 3. The minimum atomic E-state index is -0.708. The van der Waals surface area contributed by atoms with E-state index < -0.39 is 5.54 Å². The second-order valence-corrected chi connectivity index (χ2v) is 7.30. The van der Waals surface area contributed by atoms with E-state index in [9.17, 15) is 9.59 Å². The average molecular weight is 387 g/mol. The fourth-order valence-corrected chi connectivity index (χ4v) is 4.01. The molecule has 1 aromatic carbocycles. The minimum absolute atomic E-state index is 0.0815. The van der Waals surface area contributed by atoms with E-state index in [1.54, 1.807) is 26.2 Å². The van der Waals surface area contributed by atoms with Crippen molar-refractivity contribution >= 4 is 18.0 Å². The topological polar surface area (TPSA) is 62.3 Å². The third kappa shape index (κ3) is 3.91. The first-order valence-electron chi connectivity index (χ1n) is 9.63. The molecule has 2 heterocycles. The molecule has 28 heavy (non-hydrogen) atoms. The fraction of sp³-hybridized carbons (Fsp3) is 0.524. The summed E-state index contributed by atoms with van der Waals surface area (Å²) in [6.45, 7) is 3.26. The van der Waals surface area contributed by atoms with Crippen molar-refractivity contribution < 1.29 is 19.1 Å². The predicted octanol–water partition coefficient (Wildman–Crippen LogP) is 2.08. The van der Waals surface area contributed by atoms with Gasteiger partial charge in [-0.2, -0.15) is 0 Å². The highest BCUT2D eigenvalue weighted by Gasteiger charge is 2.56. The van der Waals surface area contributed by atoms with E-state index in [0.717, 1.165) is 30.9 Å². The molecule has 1 aromatic rings. The van der Waals surface area contributed by atoms with Gasteiger partial charge in [0.05, 0.1) is 13.7 Å². The summed E-state index contributed by atoms with van der Waals surface area (Å²) in [5, 5.41) is 0. The summed E-state index contributed by atoms with van der Waals surface area (Å²) in [5.74, 6) is 0.763. The van der Waals surface area contributed by atoms with Gasteiger partial charge in [0.1, 0.15) is 11.3 Å². The molecule has 0 atom stereocenters. The highest BCUT2D eigenvalue weighted by molar-refractivity contribution is 6.06. The van der Waals surface area contributed by atoms with E-state index >= 15 is 0 Å². The molecule has 7 nitrogen and oxygen atoms in total. The zero-order valence-corrected chi connectivity index (χ0v) is 16.9. The summed E-state index contributed by atoms with van der Waals surface area (Å²) < 4.78 is 10.3. The van der Waals surface area contributed by atoms with Crippen LogP contribution in [0.3, 0.4) is 0 Å². The summed E-state index contributed by atoms with van der Waals surface area (Å²) >= 11 is 0. The molecule has 7 heteroatoms. The fourth-order valence-electron chi connectivity index (χ4n) is 4.01. The van der Waals surface area contributed by atoms with Crippen molar-refractivity contribution in [3.8, 4) is 5.75 Å². The van der Waals surface area contributed by atoms with Gasteiger partial charge in [0.2, 0.25) is 0 Å². The molecule has 2 saturated heterocycles.